The lowest BCUT2D eigenvalue weighted by Crippen LogP contribution is -2.32. The van der Waals surface area contributed by atoms with Gasteiger partial charge in [0.25, 0.3) is 0 Å². The van der Waals surface area contributed by atoms with Gasteiger partial charge in [0.15, 0.2) is 5.78 Å². The summed E-state index contributed by atoms with van der Waals surface area (Å²) in [5, 5.41) is 4.75. The van der Waals surface area contributed by atoms with Gasteiger partial charge >= 0.3 is 0 Å². The van der Waals surface area contributed by atoms with Gasteiger partial charge in [-0.2, -0.15) is 0 Å². The van der Waals surface area contributed by atoms with Crippen molar-refractivity contribution >= 4 is 23.0 Å². The Bertz CT molecular complexity index is 446. The molecule has 0 saturated heterocycles. The van der Waals surface area contributed by atoms with Crippen LogP contribution in [0.2, 0.25) is 0 Å². The van der Waals surface area contributed by atoms with Crippen molar-refractivity contribution in [3.05, 3.63) is 22.4 Å². The van der Waals surface area contributed by atoms with Gasteiger partial charge in [-0.3, -0.25) is 9.59 Å². The first-order valence-corrected chi connectivity index (χ1v) is 8.53. The normalized spacial score (nSPS) is 11.1. The smallest absolute Gasteiger partial charge is 0.220 e. The average molecular weight is 325 g/mol. The molecule has 0 fully saturated rings. The van der Waals surface area contributed by atoms with Crippen molar-refractivity contribution in [2.45, 2.75) is 19.3 Å². The van der Waals surface area contributed by atoms with Crippen LogP contribution in [0.5, 0.6) is 0 Å². The van der Waals surface area contributed by atoms with E-state index in [1.807, 2.05) is 11.4 Å². The molecular weight excluding hydrogens is 298 g/mol. The molecule has 1 aromatic rings. The van der Waals surface area contributed by atoms with Crippen molar-refractivity contribution in [3.63, 3.8) is 0 Å². The Morgan fingerprint density at radius 1 is 1.14 bits per heavy atom. The minimum absolute atomic E-state index is 0.0409. The highest BCUT2D eigenvalue weighted by atomic mass is 32.1. The molecule has 1 amide bonds. The number of nitrogens with one attached hydrogen (secondary N) is 1. The Morgan fingerprint density at radius 2 is 1.91 bits per heavy atom. The van der Waals surface area contributed by atoms with Crippen molar-refractivity contribution in [1.29, 1.82) is 0 Å². The second kappa shape index (κ2) is 10.5. The van der Waals surface area contributed by atoms with Crippen LogP contribution in [0, 0.1) is 0 Å². The van der Waals surface area contributed by atoms with E-state index in [-0.39, 0.29) is 24.5 Å². The molecule has 0 aliphatic carbocycles. The van der Waals surface area contributed by atoms with Gasteiger partial charge in [-0.1, -0.05) is 6.07 Å². The summed E-state index contributed by atoms with van der Waals surface area (Å²) in [4.78, 5) is 28.6. The fraction of sp³-hybridized carbons (Fsp3) is 0.625. The Hall–Kier alpha value is -1.24. The number of carbonyl (C=O) groups is 2. The summed E-state index contributed by atoms with van der Waals surface area (Å²) < 4.78 is 0. The van der Waals surface area contributed by atoms with Crippen molar-refractivity contribution in [1.82, 2.24) is 15.1 Å². The minimum atomic E-state index is -0.0409. The van der Waals surface area contributed by atoms with Crippen molar-refractivity contribution in [3.8, 4) is 0 Å². The summed E-state index contributed by atoms with van der Waals surface area (Å²) in [5.41, 5.74) is 0. The standard InChI is InChI=1S/C16H27N3O2S/c1-18(2)11-12-19(3)10-5-9-17-16(21)8-7-14(20)15-6-4-13-22-15/h4,6,13H,5,7-12H2,1-3H3,(H,17,21). The molecule has 6 heteroatoms. The number of amides is 1. The lowest BCUT2D eigenvalue weighted by molar-refractivity contribution is -0.121. The SMILES string of the molecule is CN(C)CCN(C)CCCNC(=O)CCC(=O)c1cccs1. The number of hydrogen-bond acceptors (Lipinski definition) is 5. The highest BCUT2D eigenvalue weighted by molar-refractivity contribution is 7.12. The topological polar surface area (TPSA) is 52.6 Å². The molecule has 0 bridgehead atoms. The van der Waals surface area contributed by atoms with Crippen molar-refractivity contribution in [2.75, 3.05) is 47.3 Å². The van der Waals surface area contributed by atoms with Crippen LogP contribution >= 0.6 is 11.3 Å². The van der Waals surface area contributed by atoms with E-state index in [2.05, 4.69) is 36.3 Å². The summed E-state index contributed by atoms with van der Waals surface area (Å²) in [6.07, 6.45) is 1.48. The fourth-order valence-electron chi connectivity index (χ4n) is 1.94. The quantitative estimate of drug-likeness (QED) is 0.497. The molecule has 0 saturated carbocycles. The van der Waals surface area contributed by atoms with E-state index in [0.717, 1.165) is 30.9 Å². The minimum Gasteiger partial charge on any atom is -0.356 e. The molecule has 1 heterocycles. The maximum Gasteiger partial charge on any atom is 0.220 e. The number of rotatable bonds is 11. The predicted octanol–water partition coefficient (Wildman–Crippen LogP) is 1.71. The van der Waals surface area contributed by atoms with E-state index in [9.17, 15) is 9.59 Å². The van der Waals surface area contributed by atoms with E-state index in [1.54, 1.807) is 6.07 Å². The average Bonchev–Trinajstić information content (AvgIpc) is 3.01. The Balaban J connectivity index is 2.05. The summed E-state index contributed by atoms with van der Waals surface area (Å²) in [7, 11) is 6.21. The van der Waals surface area contributed by atoms with Crippen LogP contribution in [0.1, 0.15) is 28.9 Å². The van der Waals surface area contributed by atoms with Crippen LogP contribution in [0.4, 0.5) is 0 Å². The third-order valence-corrected chi connectivity index (χ3v) is 4.25. The first kappa shape index (κ1) is 18.8. The first-order chi connectivity index (χ1) is 10.5. The molecule has 0 spiro atoms. The van der Waals surface area contributed by atoms with Gasteiger partial charge in [0, 0.05) is 32.5 Å². The number of nitrogens with zero attached hydrogens (tertiary/aromatic N) is 2. The Morgan fingerprint density at radius 3 is 2.55 bits per heavy atom. The molecule has 0 unspecified atom stereocenters. The number of hydrogen-bond donors (Lipinski definition) is 1. The Labute approximate surface area is 137 Å². The zero-order valence-corrected chi connectivity index (χ0v) is 14.6. The van der Waals surface area contributed by atoms with E-state index in [0.29, 0.717) is 6.54 Å². The van der Waals surface area contributed by atoms with Gasteiger partial charge in [-0.15, -0.1) is 11.3 Å². The zero-order valence-electron chi connectivity index (χ0n) is 13.8. The van der Waals surface area contributed by atoms with Crippen LogP contribution in [-0.2, 0) is 4.79 Å². The third-order valence-electron chi connectivity index (χ3n) is 3.34. The largest absolute Gasteiger partial charge is 0.356 e. The van der Waals surface area contributed by atoms with E-state index in [4.69, 9.17) is 0 Å². The second-order valence-corrected chi connectivity index (χ2v) is 6.66. The van der Waals surface area contributed by atoms with E-state index < -0.39 is 0 Å². The van der Waals surface area contributed by atoms with Crippen molar-refractivity contribution in [2.24, 2.45) is 0 Å². The lowest BCUT2D eigenvalue weighted by atomic mass is 10.2. The van der Waals surface area contributed by atoms with Crippen LogP contribution in [-0.4, -0.2) is 68.8 Å². The molecule has 0 aliphatic heterocycles. The summed E-state index contributed by atoms with van der Waals surface area (Å²) in [5.74, 6) is 0.00872. The molecule has 1 rings (SSSR count). The maximum absolute atomic E-state index is 11.8. The van der Waals surface area contributed by atoms with Gasteiger partial charge in [0.05, 0.1) is 4.88 Å². The summed E-state index contributed by atoms with van der Waals surface area (Å²) in [6, 6.07) is 3.65. The van der Waals surface area contributed by atoms with Crippen LogP contribution in [0.3, 0.4) is 0 Å². The molecule has 124 valence electrons. The molecule has 0 atom stereocenters. The molecule has 1 aromatic heterocycles. The highest BCUT2D eigenvalue weighted by Crippen LogP contribution is 2.12. The zero-order chi connectivity index (χ0) is 16.4. The predicted molar refractivity (Wildman–Crippen MR) is 91.6 cm³/mol. The first-order valence-electron chi connectivity index (χ1n) is 7.65. The highest BCUT2D eigenvalue weighted by Gasteiger charge is 2.09. The summed E-state index contributed by atoms with van der Waals surface area (Å²) >= 11 is 1.42. The summed E-state index contributed by atoms with van der Waals surface area (Å²) in [6.45, 7) is 3.69. The van der Waals surface area contributed by atoms with Crippen LogP contribution < -0.4 is 5.32 Å². The Kier molecular flexibility index (Phi) is 8.96. The number of likely N-dealkylation sites (N-methyl/N-ethyl adjacent to an activating group) is 2. The molecule has 0 aromatic carbocycles. The van der Waals surface area contributed by atoms with Gasteiger partial charge in [0.1, 0.15) is 0 Å². The molecular formula is C16H27N3O2S. The lowest BCUT2D eigenvalue weighted by Gasteiger charge is -2.19. The molecule has 22 heavy (non-hydrogen) atoms. The van der Waals surface area contributed by atoms with Gasteiger partial charge in [-0.25, -0.2) is 0 Å². The molecule has 5 nitrogen and oxygen atoms in total. The van der Waals surface area contributed by atoms with Crippen LogP contribution in [0.25, 0.3) is 0 Å². The van der Waals surface area contributed by atoms with Gasteiger partial charge < -0.3 is 15.1 Å². The molecule has 0 radical (unpaired) electrons. The number of thiophene rings is 1. The van der Waals surface area contributed by atoms with Gasteiger partial charge in [-0.05, 0) is 45.6 Å². The second-order valence-electron chi connectivity index (χ2n) is 5.71. The number of carbonyl (C=O) groups excluding carboxylic acids is 2. The number of Topliss-reactive ketones (excluding diaryl/α,β-unsaturated/α-hetero) is 1. The fourth-order valence-corrected chi connectivity index (χ4v) is 2.63. The number of ketones is 1. The molecule has 0 aliphatic rings. The molecule has 1 N–H and O–H groups in total. The maximum atomic E-state index is 11.8. The van der Waals surface area contributed by atoms with Gasteiger partial charge in [0.2, 0.25) is 5.91 Å². The monoisotopic (exact) mass is 325 g/mol. The third kappa shape index (κ3) is 8.26. The van der Waals surface area contributed by atoms with Crippen molar-refractivity contribution < 1.29 is 9.59 Å². The van der Waals surface area contributed by atoms with E-state index >= 15 is 0 Å². The van der Waals surface area contributed by atoms with Crippen LogP contribution in [0.15, 0.2) is 17.5 Å². The van der Waals surface area contributed by atoms with E-state index in [1.165, 1.54) is 11.3 Å².